The smallest absolute Gasteiger partial charge is 0.0717 e. The summed E-state index contributed by atoms with van der Waals surface area (Å²) >= 11 is 0. The molecule has 4 nitrogen and oxygen atoms in total. The lowest BCUT2D eigenvalue weighted by Crippen LogP contribution is -2.28. The minimum absolute atomic E-state index is 0.0107. The second kappa shape index (κ2) is 7.04. The normalized spacial score (nSPS) is 10.3. The molecule has 1 N–H and O–H groups in total. The van der Waals surface area contributed by atoms with Gasteiger partial charge in [-0.2, -0.15) is 0 Å². The quantitative estimate of drug-likeness (QED) is 0.729. The van der Waals surface area contributed by atoms with Gasteiger partial charge in [0.1, 0.15) is 0 Å². The fourth-order valence-corrected chi connectivity index (χ4v) is 1.66. The van der Waals surface area contributed by atoms with Crippen LogP contribution in [0.1, 0.15) is 11.3 Å². The van der Waals surface area contributed by atoms with E-state index in [1.807, 2.05) is 19.1 Å². The highest BCUT2D eigenvalue weighted by molar-refractivity contribution is 5.53. The summed E-state index contributed by atoms with van der Waals surface area (Å²) in [4.78, 5) is 6.31. The minimum Gasteiger partial charge on any atom is -0.392 e. The third-order valence-electron chi connectivity index (χ3n) is 2.52. The first-order valence-electron chi connectivity index (χ1n) is 5.64. The van der Waals surface area contributed by atoms with Gasteiger partial charge in [0.05, 0.1) is 13.2 Å². The summed E-state index contributed by atoms with van der Waals surface area (Å²) in [5.74, 6) is 0. The van der Waals surface area contributed by atoms with Gasteiger partial charge < -0.3 is 14.7 Å². The average Bonchev–Trinajstić information content (AvgIpc) is 2.34. The van der Waals surface area contributed by atoms with E-state index in [9.17, 15) is 5.11 Å². The van der Waals surface area contributed by atoms with E-state index in [1.54, 1.807) is 13.3 Å². The molecule has 0 aromatic carbocycles. The number of methoxy groups -OCH3 is 1. The number of aliphatic hydroxyl groups excluding tert-OH is 1. The van der Waals surface area contributed by atoms with E-state index in [0.29, 0.717) is 6.61 Å². The maximum atomic E-state index is 9.33. The number of hydrogen-bond donors (Lipinski definition) is 1. The van der Waals surface area contributed by atoms with E-state index in [1.165, 1.54) is 0 Å². The molecule has 17 heavy (non-hydrogen) atoms. The van der Waals surface area contributed by atoms with Crippen molar-refractivity contribution in [1.29, 1.82) is 0 Å². The molecule has 0 aliphatic carbocycles. The standard InChI is InChI=1S/C13H20N2O2/c1-4-5-15(6-7-17-3)13-8-11(2)14-9-12(13)10-16/h4,8-9,16H,1,5-7,10H2,2-3H3. The molecular formula is C13H20N2O2. The molecule has 0 radical (unpaired) electrons. The number of pyridine rings is 1. The summed E-state index contributed by atoms with van der Waals surface area (Å²) in [5, 5.41) is 9.33. The monoisotopic (exact) mass is 236 g/mol. The van der Waals surface area contributed by atoms with Crippen LogP contribution in [0.25, 0.3) is 0 Å². The summed E-state index contributed by atoms with van der Waals surface area (Å²) in [6.45, 7) is 7.80. The van der Waals surface area contributed by atoms with Crippen molar-refractivity contribution in [2.24, 2.45) is 0 Å². The van der Waals surface area contributed by atoms with Crippen LogP contribution in [0, 0.1) is 6.92 Å². The van der Waals surface area contributed by atoms with Crippen molar-refractivity contribution in [3.8, 4) is 0 Å². The molecule has 0 saturated carbocycles. The molecule has 0 amide bonds. The van der Waals surface area contributed by atoms with E-state index in [0.717, 1.165) is 30.0 Å². The predicted octanol–water partition coefficient (Wildman–Crippen LogP) is 1.52. The van der Waals surface area contributed by atoms with Crippen molar-refractivity contribution in [3.05, 3.63) is 36.2 Å². The first-order valence-corrected chi connectivity index (χ1v) is 5.64. The van der Waals surface area contributed by atoms with Crippen molar-refractivity contribution in [2.45, 2.75) is 13.5 Å². The number of rotatable bonds is 7. The van der Waals surface area contributed by atoms with Crippen molar-refractivity contribution < 1.29 is 9.84 Å². The Morgan fingerprint density at radius 1 is 1.59 bits per heavy atom. The van der Waals surface area contributed by atoms with Crippen LogP contribution in [0.2, 0.25) is 0 Å². The number of hydrogen-bond acceptors (Lipinski definition) is 4. The van der Waals surface area contributed by atoms with E-state index >= 15 is 0 Å². The first-order chi connectivity index (χ1) is 8.22. The van der Waals surface area contributed by atoms with Crippen LogP contribution >= 0.6 is 0 Å². The zero-order valence-corrected chi connectivity index (χ0v) is 10.5. The summed E-state index contributed by atoms with van der Waals surface area (Å²) in [6, 6.07) is 1.98. The fourth-order valence-electron chi connectivity index (χ4n) is 1.66. The molecule has 0 aliphatic rings. The zero-order chi connectivity index (χ0) is 12.7. The van der Waals surface area contributed by atoms with E-state index in [-0.39, 0.29) is 6.61 Å². The van der Waals surface area contributed by atoms with Crippen LogP contribution < -0.4 is 4.90 Å². The Morgan fingerprint density at radius 2 is 2.35 bits per heavy atom. The van der Waals surface area contributed by atoms with Gasteiger partial charge in [0, 0.05) is 43.3 Å². The van der Waals surface area contributed by atoms with Gasteiger partial charge in [-0.3, -0.25) is 4.98 Å². The second-order valence-corrected chi connectivity index (χ2v) is 3.84. The molecule has 0 fully saturated rings. The number of aryl methyl sites for hydroxylation is 1. The summed E-state index contributed by atoms with van der Waals surface area (Å²) < 4.78 is 5.09. The molecule has 0 bridgehead atoms. The Labute approximate surface area is 103 Å². The molecular weight excluding hydrogens is 216 g/mol. The predicted molar refractivity (Wildman–Crippen MR) is 69.2 cm³/mol. The Kier molecular flexibility index (Phi) is 5.66. The summed E-state index contributed by atoms with van der Waals surface area (Å²) in [7, 11) is 1.68. The molecule has 1 aromatic heterocycles. The first kappa shape index (κ1) is 13.7. The molecule has 1 aromatic rings. The maximum Gasteiger partial charge on any atom is 0.0717 e. The molecule has 0 unspecified atom stereocenters. The summed E-state index contributed by atoms with van der Waals surface area (Å²) in [5.41, 5.74) is 2.76. The van der Waals surface area contributed by atoms with Gasteiger partial charge in [-0.15, -0.1) is 6.58 Å². The SMILES string of the molecule is C=CCN(CCOC)c1cc(C)ncc1CO. The molecule has 0 aliphatic heterocycles. The van der Waals surface area contributed by atoms with Gasteiger partial charge in [-0.1, -0.05) is 6.08 Å². The minimum atomic E-state index is -0.0107. The third kappa shape index (κ3) is 3.84. The van der Waals surface area contributed by atoms with Crippen LogP contribution in [0.3, 0.4) is 0 Å². The lowest BCUT2D eigenvalue weighted by atomic mass is 10.2. The largest absolute Gasteiger partial charge is 0.392 e. The maximum absolute atomic E-state index is 9.33. The Balaban J connectivity index is 2.97. The van der Waals surface area contributed by atoms with Gasteiger partial charge in [-0.05, 0) is 13.0 Å². The van der Waals surface area contributed by atoms with Crippen LogP contribution in [-0.2, 0) is 11.3 Å². The molecule has 0 atom stereocenters. The Hall–Kier alpha value is -1.39. The molecule has 0 spiro atoms. The van der Waals surface area contributed by atoms with Crippen LogP contribution in [-0.4, -0.2) is 36.9 Å². The number of aliphatic hydroxyl groups is 1. The Morgan fingerprint density at radius 3 is 2.94 bits per heavy atom. The van der Waals surface area contributed by atoms with Gasteiger partial charge in [-0.25, -0.2) is 0 Å². The molecule has 1 rings (SSSR count). The van der Waals surface area contributed by atoms with Gasteiger partial charge in [0.2, 0.25) is 0 Å². The Bertz CT molecular complexity index is 366. The van der Waals surface area contributed by atoms with Crippen molar-refractivity contribution in [3.63, 3.8) is 0 Å². The van der Waals surface area contributed by atoms with Crippen molar-refractivity contribution in [2.75, 3.05) is 31.7 Å². The lowest BCUT2D eigenvalue weighted by molar-refractivity contribution is 0.205. The highest BCUT2D eigenvalue weighted by Gasteiger charge is 2.10. The topological polar surface area (TPSA) is 45.6 Å². The average molecular weight is 236 g/mol. The molecule has 94 valence electrons. The van der Waals surface area contributed by atoms with Crippen molar-refractivity contribution >= 4 is 5.69 Å². The number of ether oxygens (including phenoxy) is 1. The van der Waals surface area contributed by atoms with E-state index < -0.39 is 0 Å². The summed E-state index contributed by atoms with van der Waals surface area (Å²) in [6.07, 6.45) is 3.56. The highest BCUT2D eigenvalue weighted by Crippen LogP contribution is 2.20. The van der Waals surface area contributed by atoms with Gasteiger partial charge in [0.25, 0.3) is 0 Å². The van der Waals surface area contributed by atoms with Crippen LogP contribution in [0.4, 0.5) is 5.69 Å². The molecule has 4 heteroatoms. The van der Waals surface area contributed by atoms with E-state index in [2.05, 4.69) is 16.5 Å². The van der Waals surface area contributed by atoms with Crippen LogP contribution in [0.5, 0.6) is 0 Å². The zero-order valence-electron chi connectivity index (χ0n) is 10.5. The van der Waals surface area contributed by atoms with Crippen LogP contribution in [0.15, 0.2) is 24.9 Å². The fraction of sp³-hybridized carbons (Fsp3) is 0.462. The number of anilines is 1. The second-order valence-electron chi connectivity index (χ2n) is 3.84. The van der Waals surface area contributed by atoms with Gasteiger partial charge >= 0.3 is 0 Å². The van der Waals surface area contributed by atoms with Crippen molar-refractivity contribution in [1.82, 2.24) is 4.98 Å². The number of aromatic nitrogens is 1. The lowest BCUT2D eigenvalue weighted by Gasteiger charge is -2.25. The number of nitrogens with zero attached hydrogens (tertiary/aromatic N) is 2. The molecule has 1 heterocycles. The third-order valence-corrected chi connectivity index (χ3v) is 2.52. The highest BCUT2D eigenvalue weighted by atomic mass is 16.5. The van der Waals surface area contributed by atoms with Gasteiger partial charge in [0.15, 0.2) is 0 Å². The molecule has 0 saturated heterocycles. The van der Waals surface area contributed by atoms with E-state index in [4.69, 9.17) is 4.74 Å².